The molecule has 0 radical (unpaired) electrons. The van der Waals surface area contributed by atoms with E-state index < -0.39 is 0 Å². The zero-order valence-corrected chi connectivity index (χ0v) is 18.7. The van der Waals surface area contributed by atoms with E-state index in [-0.39, 0.29) is 24.0 Å². The van der Waals surface area contributed by atoms with E-state index in [0.29, 0.717) is 5.41 Å². The first-order valence-corrected chi connectivity index (χ1v) is 9.59. The third-order valence-corrected chi connectivity index (χ3v) is 5.44. The Morgan fingerprint density at radius 2 is 2.17 bits per heavy atom. The topological polar surface area (TPSA) is 36.9 Å². The van der Waals surface area contributed by atoms with Gasteiger partial charge in [-0.05, 0) is 50.7 Å². The summed E-state index contributed by atoms with van der Waals surface area (Å²) in [6, 6.07) is 4.03. The Kier molecular flexibility index (Phi) is 9.93. The standard InChI is InChI=1S/C17H28ClN3OS.HI/c1-4-19-16(21(3)12-14-6-7-15(18)23-14)20-13-17(8-9-17)10-11-22-5-2;/h6-7H,4-5,8-13H2,1-3H3,(H,19,20);1H. The maximum Gasteiger partial charge on any atom is 0.194 e. The van der Waals surface area contributed by atoms with E-state index in [1.54, 1.807) is 11.3 Å². The molecule has 0 atom stereocenters. The van der Waals surface area contributed by atoms with Crippen molar-refractivity contribution in [3.8, 4) is 0 Å². The van der Waals surface area contributed by atoms with E-state index in [1.165, 1.54) is 17.7 Å². The van der Waals surface area contributed by atoms with Crippen molar-refractivity contribution in [2.45, 2.75) is 39.7 Å². The summed E-state index contributed by atoms with van der Waals surface area (Å²) < 4.78 is 6.34. The highest BCUT2D eigenvalue weighted by Gasteiger charge is 2.42. The number of thiophene rings is 1. The Morgan fingerprint density at radius 1 is 1.42 bits per heavy atom. The van der Waals surface area contributed by atoms with Gasteiger partial charge >= 0.3 is 0 Å². The maximum atomic E-state index is 6.02. The van der Waals surface area contributed by atoms with Crippen LogP contribution in [0.3, 0.4) is 0 Å². The molecule has 2 rings (SSSR count). The van der Waals surface area contributed by atoms with Crippen LogP contribution in [-0.4, -0.2) is 44.2 Å². The van der Waals surface area contributed by atoms with Gasteiger partial charge in [0.2, 0.25) is 0 Å². The largest absolute Gasteiger partial charge is 0.382 e. The molecule has 7 heteroatoms. The second-order valence-corrected chi connectivity index (χ2v) is 7.98. The molecular formula is C17H29ClIN3OS. The second kappa shape index (κ2) is 10.8. The normalized spacial score (nSPS) is 15.8. The highest BCUT2D eigenvalue weighted by molar-refractivity contribution is 14.0. The molecule has 1 saturated carbocycles. The Morgan fingerprint density at radius 3 is 2.71 bits per heavy atom. The summed E-state index contributed by atoms with van der Waals surface area (Å²) >= 11 is 7.64. The molecule has 1 aliphatic rings. The zero-order chi connectivity index (χ0) is 16.7. The number of aliphatic imine (C=N–C) groups is 1. The van der Waals surface area contributed by atoms with Crippen LogP contribution in [-0.2, 0) is 11.3 Å². The fourth-order valence-corrected chi connectivity index (χ4v) is 3.70. The summed E-state index contributed by atoms with van der Waals surface area (Å²) in [6.45, 7) is 8.40. The third kappa shape index (κ3) is 7.06. The van der Waals surface area contributed by atoms with Gasteiger partial charge < -0.3 is 15.0 Å². The van der Waals surface area contributed by atoms with Gasteiger partial charge in [-0.2, -0.15) is 0 Å². The molecule has 0 unspecified atom stereocenters. The quantitative estimate of drug-likeness (QED) is 0.240. The van der Waals surface area contributed by atoms with Crippen LogP contribution in [0.5, 0.6) is 0 Å². The van der Waals surface area contributed by atoms with Gasteiger partial charge in [0.1, 0.15) is 0 Å². The lowest BCUT2D eigenvalue weighted by Crippen LogP contribution is -2.38. The van der Waals surface area contributed by atoms with Gasteiger partial charge in [-0.1, -0.05) is 11.6 Å². The number of nitrogens with zero attached hydrogens (tertiary/aromatic N) is 2. The minimum atomic E-state index is 0. The molecule has 1 heterocycles. The number of guanidine groups is 1. The van der Waals surface area contributed by atoms with Crippen LogP contribution in [0.15, 0.2) is 17.1 Å². The zero-order valence-electron chi connectivity index (χ0n) is 14.8. The second-order valence-electron chi connectivity index (χ2n) is 6.18. The summed E-state index contributed by atoms with van der Waals surface area (Å²) in [4.78, 5) is 8.30. The highest BCUT2D eigenvalue weighted by Crippen LogP contribution is 2.49. The SMILES string of the molecule is CCNC(=NCC1(CCOCC)CC1)N(C)Cc1ccc(Cl)s1.I. The molecule has 0 saturated heterocycles. The molecule has 4 nitrogen and oxygen atoms in total. The first-order chi connectivity index (χ1) is 11.1. The van der Waals surface area contributed by atoms with Crippen molar-refractivity contribution < 1.29 is 4.74 Å². The van der Waals surface area contributed by atoms with Crippen LogP contribution >= 0.6 is 46.9 Å². The predicted octanol–water partition coefficient (Wildman–Crippen LogP) is 4.62. The highest BCUT2D eigenvalue weighted by atomic mass is 127. The number of halogens is 2. The van der Waals surface area contributed by atoms with Gasteiger partial charge in [0.15, 0.2) is 5.96 Å². The molecule has 0 amide bonds. The van der Waals surface area contributed by atoms with Crippen molar-refractivity contribution in [3.05, 3.63) is 21.3 Å². The number of rotatable bonds is 9. The van der Waals surface area contributed by atoms with Crippen LogP contribution in [0.2, 0.25) is 4.34 Å². The van der Waals surface area contributed by atoms with E-state index in [2.05, 4.69) is 30.3 Å². The van der Waals surface area contributed by atoms with Gasteiger partial charge in [0.05, 0.1) is 10.9 Å². The van der Waals surface area contributed by atoms with Crippen LogP contribution in [0.25, 0.3) is 0 Å². The van der Waals surface area contributed by atoms with Crippen molar-refractivity contribution in [3.63, 3.8) is 0 Å². The monoisotopic (exact) mass is 485 g/mol. The Balaban J connectivity index is 0.00000288. The first kappa shape index (κ1) is 22.0. The molecule has 0 bridgehead atoms. The molecule has 1 aromatic heterocycles. The smallest absolute Gasteiger partial charge is 0.194 e. The minimum absolute atomic E-state index is 0. The van der Waals surface area contributed by atoms with E-state index in [0.717, 1.165) is 49.6 Å². The summed E-state index contributed by atoms with van der Waals surface area (Å²) in [5, 5.41) is 3.39. The maximum absolute atomic E-state index is 6.02. The average molecular weight is 486 g/mol. The molecule has 1 N–H and O–H groups in total. The minimum Gasteiger partial charge on any atom is -0.382 e. The summed E-state index contributed by atoms with van der Waals surface area (Å²) in [5.74, 6) is 0.972. The Bertz CT molecular complexity index is 520. The molecule has 0 aromatic carbocycles. The van der Waals surface area contributed by atoms with Gasteiger partial charge in [-0.3, -0.25) is 4.99 Å². The molecule has 24 heavy (non-hydrogen) atoms. The summed E-state index contributed by atoms with van der Waals surface area (Å²) in [7, 11) is 2.08. The first-order valence-electron chi connectivity index (χ1n) is 8.40. The van der Waals surface area contributed by atoms with E-state index >= 15 is 0 Å². The van der Waals surface area contributed by atoms with Crippen molar-refractivity contribution in [1.29, 1.82) is 0 Å². The van der Waals surface area contributed by atoms with Crippen molar-refractivity contribution in [1.82, 2.24) is 10.2 Å². The van der Waals surface area contributed by atoms with Crippen LogP contribution in [0, 0.1) is 5.41 Å². The number of ether oxygens (including phenoxy) is 1. The van der Waals surface area contributed by atoms with Crippen molar-refractivity contribution in [2.24, 2.45) is 10.4 Å². The third-order valence-electron chi connectivity index (χ3n) is 4.22. The molecular weight excluding hydrogens is 457 g/mol. The molecule has 138 valence electrons. The summed E-state index contributed by atoms with van der Waals surface area (Å²) in [6.07, 6.45) is 3.66. The lowest BCUT2D eigenvalue weighted by atomic mass is 10.0. The van der Waals surface area contributed by atoms with E-state index in [1.807, 2.05) is 13.0 Å². The average Bonchev–Trinajstić information content (AvgIpc) is 3.18. The molecule has 1 aromatic rings. The van der Waals surface area contributed by atoms with Crippen molar-refractivity contribution in [2.75, 3.05) is 33.4 Å². The van der Waals surface area contributed by atoms with Gasteiger partial charge in [-0.15, -0.1) is 35.3 Å². The fourth-order valence-electron chi connectivity index (χ4n) is 2.55. The summed E-state index contributed by atoms with van der Waals surface area (Å²) in [5.41, 5.74) is 0.378. The number of hydrogen-bond acceptors (Lipinski definition) is 3. The van der Waals surface area contributed by atoms with Gasteiger partial charge in [-0.25, -0.2) is 0 Å². The van der Waals surface area contributed by atoms with E-state index in [9.17, 15) is 0 Å². The van der Waals surface area contributed by atoms with Crippen LogP contribution in [0.1, 0.15) is 38.0 Å². The molecule has 1 fully saturated rings. The number of hydrogen-bond donors (Lipinski definition) is 1. The number of nitrogens with one attached hydrogen (secondary N) is 1. The fraction of sp³-hybridized carbons (Fsp3) is 0.706. The van der Waals surface area contributed by atoms with Gasteiger partial charge in [0, 0.05) is 38.2 Å². The van der Waals surface area contributed by atoms with Crippen LogP contribution in [0.4, 0.5) is 0 Å². The lowest BCUT2D eigenvalue weighted by Gasteiger charge is -2.22. The van der Waals surface area contributed by atoms with Crippen molar-refractivity contribution >= 4 is 52.9 Å². The van der Waals surface area contributed by atoms with Crippen LogP contribution < -0.4 is 5.32 Å². The Labute approximate surface area is 172 Å². The molecule has 0 spiro atoms. The predicted molar refractivity (Wildman–Crippen MR) is 115 cm³/mol. The lowest BCUT2D eigenvalue weighted by molar-refractivity contribution is 0.129. The Hall–Kier alpha value is -0.0500. The molecule has 0 aliphatic heterocycles. The van der Waals surface area contributed by atoms with Gasteiger partial charge in [0.25, 0.3) is 0 Å². The van der Waals surface area contributed by atoms with E-state index in [4.69, 9.17) is 21.3 Å². The molecule has 1 aliphatic carbocycles.